The van der Waals surface area contributed by atoms with Gasteiger partial charge in [-0.25, -0.2) is 9.97 Å². The van der Waals surface area contributed by atoms with Crippen molar-refractivity contribution in [3.05, 3.63) is 11.9 Å². The summed E-state index contributed by atoms with van der Waals surface area (Å²) < 4.78 is 6.12. The summed E-state index contributed by atoms with van der Waals surface area (Å²) in [6.07, 6.45) is 0. The molecule has 0 aliphatic carbocycles. The lowest BCUT2D eigenvalue weighted by atomic mass is 9.95. The molecule has 2 heterocycles. The lowest BCUT2D eigenvalue weighted by Crippen LogP contribution is -2.57. The number of nitrogens with two attached hydrogens (primary N) is 1. The quantitative estimate of drug-likeness (QED) is 0.862. The van der Waals surface area contributed by atoms with Crippen molar-refractivity contribution in [2.45, 2.75) is 65.1 Å². The molecule has 5 heteroatoms. The fourth-order valence-electron chi connectivity index (χ4n) is 2.90. The Labute approximate surface area is 127 Å². The van der Waals surface area contributed by atoms with Crippen molar-refractivity contribution < 1.29 is 4.74 Å². The molecular weight excluding hydrogens is 264 g/mol. The highest BCUT2D eigenvalue weighted by molar-refractivity contribution is 5.48. The molecule has 1 fully saturated rings. The first-order valence-electron chi connectivity index (χ1n) is 7.48. The van der Waals surface area contributed by atoms with E-state index >= 15 is 0 Å². The summed E-state index contributed by atoms with van der Waals surface area (Å²) in [4.78, 5) is 11.4. The van der Waals surface area contributed by atoms with Crippen LogP contribution < -0.4 is 10.6 Å². The summed E-state index contributed by atoms with van der Waals surface area (Å²) in [7, 11) is 0. The number of hydrogen-bond acceptors (Lipinski definition) is 5. The first kappa shape index (κ1) is 16.0. The zero-order valence-corrected chi connectivity index (χ0v) is 14.3. The van der Waals surface area contributed by atoms with E-state index in [0.717, 1.165) is 24.7 Å². The smallest absolute Gasteiger partial charge is 0.138 e. The molecule has 1 aliphatic heterocycles. The minimum atomic E-state index is -0.219. The Morgan fingerprint density at radius 3 is 2.10 bits per heavy atom. The predicted molar refractivity (Wildman–Crippen MR) is 86.6 cm³/mol. The number of nitrogens with zero attached hydrogens (tertiary/aromatic N) is 3. The standard InChI is InChI=1S/C16H28N4O/c1-14(2,3)13-18-11(17)8-12(19-13)20-9-15(4,5)21-16(6,7)10-20/h8H,9-10H2,1-7H3,(H2,17,18,19). The maximum atomic E-state index is 6.12. The summed E-state index contributed by atoms with van der Waals surface area (Å²) >= 11 is 0. The summed E-state index contributed by atoms with van der Waals surface area (Å²) in [5, 5.41) is 0. The van der Waals surface area contributed by atoms with Crippen LogP contribution in [0.2, 0.25) is 0 Å². The predicted octanol–water partition coefficient (Wildman–Crippen LogP) is 2.75. The van der Waals surface area contributed by atoms with Crippen LogP contribution in [0.5, 0.6) is 0 Å². The van der Waals surface area contributed by atoms with Crippen LogP contribution in [-0.2, 0) is 10.2 Å². The van der Waals surface area contributed by atoms with E-state index in [0.29, 0.717) is 5.82 Å². The van der Waals surface area contributed by atoms with Gasteiger partial charge in [-0.15, -0.1) is 0 Å². The molecule has 0 atom stereocenters. The lowest BCUT2D eigenvalue weighted by molar-refractivity contribution is -0.133. The fourth-order valence-corrected chi connectivity index (χ4v) is 2.90. The number of morpholine rings is 1. The van der Waals surface area contributed by atoms with Gasteiger partial charge in [0.15, 0.2) is 0 Å². The second kappa shape index (κ2) is 4.83. The van der Waals surface area contributed by atoms with E-state index in [1.165, 1.54) is 0 Å². The molecule has 0 unspecified atom stereocenters. The van der Waals surface area contributed by atoms with Crippen molar-refractivity contribution in [1.29, 1.82) is 0 Å². The zero-order chi connectivity index (χ0) is 16.1. The molecule has 0 aromatic carbocycles. The van der Waals surface area contributed by atoms with Crippen LogP contribution in [0.4, 0.5) is 11.6 Å². The van der Waals surface area contributed by atoms with Crippen LogP contribution in [0.25, 0.3) is 0 Å². The van der Waals surface area contributed by atoms with Crippen LogP contribution in [0.15, 0.2) is 6.07 Å². The Bertz CT molecular complexity index is 516. The van der Waals surface area contributed by atoms with Crippen molar-refractivity contribution in [2.75, 3.05) is 23.7 Å². The molecule has 0 radical (unpaired) electrons. The van der Waals surface area contributed by atoms with Gasteiger partial charge in [-0.05, 0) is 27.7 Å². The molecule has 5 nitrogen and oxygen atoms in total. The third kappa shape index (κ3) is 3.84. The van der Waals surface area contributed by atoms with Gasteiger partial charge in [-0.3, -0.25) is 0 Å². The molecule has 0 bridgehead atoms. The van der Waals surface area contributed by atoms with Gasteiger partial charge < -0.3 is 15.4 Å². The fraction of sp³-hybridized carbons (Fsp3) is 0.750. The van der Waals surface area contributed by atoms with Gasteiger partial charge in [-0.1, -0.05) is 20.8 Å². The van der Waals surface area contributed by atoms with Gasteiger partial charge in [-0.2, -0.15) is 0 Å². The average molecular weight is 292 g/mol. The first-order chi connectivity index (χ1) is 9.38. The molecule has 0 amide bonds. The summed E-state index contributed by atoms with van der Waals surface area (Å²) in [6.45, 7) is 16.3. The summed E-state index contributed by atoms with van der Waals surface area (Å²) in [5.41, 5.74) is 5.43. The van der Waals surface area contributed by atoms with Gasteiger partial charge in [0.2, 0.25) is 0 Å². The molecular formula is C16H28N4O. The number of rotatable bonds is 1. The molecule has 1 aromatic heterocycles. The normalized spacial score (nSPS) is 21.4. The highest BCUT2D eigenvalue weighted by atomic mass is 16.5. The van der Waals surface area contributed by atoms with E-state index in [9.17, 15) is 0 Å². The summed E-state index contributed by atoms with van der Waals surface area (Å²) in [6, 6.07) is 1.85. The van der Waals surface area contributed by atoms with Crippen LogP contribution in [-0.4, -0.2) is 34.3 Å². The number of nitrogen functional groups attached to an aromatic ring is 1. The van der Waals surface area contributed by atoms with Crippen molar-refractivity contribution >= 4 is 11.6 Å². The van der Waals surface area contributed by atoms with E-state index < -0.39 is 0 Å². The minimum Gasteiger partial charge on any atom is -0.384 e. The molecule has 0 spiro atoms. The van der Waals surface area contributed by atoms with Crippen LogP contribution in [0.3, 0.4) is 0 Å². The van der Waals surface area contributed by atoms with E-state index in [1.54, 1.807) is 0 Å². The van der Waals surface area contributed by atoms with Crippen molar-refractivity contribution in [2.24, 2.45) is 0 Å². The van der Waals surface area contributed by atoms with Gasteiger partial charge in [0.1, 0.15) is 17.5 Å². The van der Waals surface area contributed by atoms with Crippen LogP contribution in [0.1, 0.15) is 54.3 Å². The maximum absolute atomic E-state index is 6.12. The number of ether oxygens (including phenoxy) is 1. The molecule has 1 saturated heterocycles. The van der Waals surface area contributed by atoms with Crippen LogP contribution >= 0.6 is 0 Å². The third-order valence-electron chi connectivity index (χ3n) is 3.42. The van der Waals surface area contributed by atoms with Gasteiger partial charge >= 0.3 is 0 Å². The van der Waals surface area contributed by atoms with Crippen LogP contribution in [0, 0.1) is 0 Å². The Morgan fingerprint density at radius 1 is 1.10 bits per heavy atom. The minimum absolute atomic E-state index is 0.124. The average Bonchev–Trinajstić information content (AvgIpc) is 2.22. The maximum Gasteiger partial charge on any atom is 0.138 e. The Morgan fingerprint density at radius 2 is 1.62 bits per heavy atom. The number of anilines is 2. The van der Waals surface area contributed by atoms with Gasteiger partial charge in [0.25, 0.3) is 0 Å². The molecule has 1 aromatic rings. The Balaban J connectivity index is 2.39. The third-order valence-corrected chi connectivity index (χ3v) is 3.42. The van der Waals surface area contributed by atoms with E-state index in [4.69, 9.17) is 15.5 Å². The van der Waals surface area contributed by atoms with Crippen molar-refractivity contribution in [1.82, 2.24) is 9.97 Å². The zero-order valence-electron chi connectivity index (χ0n) is 14.3. The SMILES string of the molecule is CC1(C)CN(c2cc(N)nc(C(C)(C)C)n2)CC(C)(C)O1. The van der Waals surface area contributed by atoms with E-state index in [2.05, 4.69) is 58.4 Å². The van der Waals surface area contributed by atoms with E-state index in [1.807, 2.05) is 6.07 Å². The topological polar surface area (TPSA) is 64.3 Å². The molecule has 118 valence electrons. The second-order valence-corrected chi connectivity index (χ2v) is 8.20. The van der Waals surface area contributed by atoms with Crippen molar-refractivity contribution in [3.8, 4) is 0 Å². The highest BCUT2D eigenvalue weighted by Crippen LogP contribution is 2.32. The molecule has 1 aliphatic rings. The second-order valence-electron chi connectivity index (χ2n) is 8.20. The number of hydrogen-bond donors (Lipinski definition) is 1. The largest absolute Gasteiger partial charge is 0.384 e. The summed E-state index contributed by atoms with van der Waals surface area (Å²) in [5.74, 6) is 2.18. The Hall–Kier alpha value is -1.36. The van der Waals surface area contributed by atoms with Crippen molar-refractivity contribution in [3.63, 3.8) is 0 Å². The molecule has 2 rings (SSSR count). The first-order valence-corrected chi connectivity index (χ1v) is 7.48. The molecule has 2 N–H and O–H groups in total. The van der Waals surface area contributed by atoms with Gasteiger partial charge in [0, 0.05) is 24.6 Å². The Kier molecular flexibility index (Phi) is 3.69. The highest BCUT2D eigenvalue weighted by Gasteiger charge is 2.39. The number of aromatic nitrogens is 2. The molecule has 21 heavy (non-hydrogen) atoms. The van der Waals surface area contributed by atoms with E-state index in [-0.39, 0.29) is 16.6 Å². The van der Waals surface area contributed by atoms with Gasteiger partial charge in [0.05, 0.1) is 11.2 Å². The lowest BCUT2D eigenvalue weighted by Gasteiger charge is -2.47. The molecule has 0 saturated carbocycles. The monoisotopic (exact) mass is 292 g/mol.